The van der Waals surface area contributed by atoms with Crippen LogP contribution in [0, 0.1) is 11.3 Å². The molecular formula is C9H12N4OS. The van der Waals surface area contributed by atoms with Crippen molar-refractivity contribution in [2.75, 3.05) is 18.0 Å². The highest BCUT2D eigenvalue weighted by Crippen LogP contribution is 2.30. The molecule has 1 aliphatic heterocycles. The van der Waals surface area contributed by atoms with Gasteiger partial charge in [0.15, 0.2) is 0 Å². The Labute approximate surface area is 92.1 Å². The minimum atomic E-state index is -0.840. The van der Waals surface area contributed by atoms with E-state index < -0.39 is 5.60 Å². The molecule has 1 aliphatic rings. The Hall–Kier alpha value is -1.19. The van der Waals surface area contributed by atoms with E-state index in [0.29, 0.717) is 13.1 Å². The summed E-state index contributed by atoms with van der Waals surface area (Å²) in [6.45, 7) is 2.98. The predicted octanol–water partition coefficient (Wildman–Crippen LogP) is 0.565. The number of hydrogen-bond donors (Lipinski definition) is 1. The number of aryl methyl sites for hydroxylation is 1. The number of rotatable bonds is 3. The first-order chi connectivity index (χ1) is 7.17. The van der Waals surface area contributed by atoms with E-state index in [1.54, 1.807) is 0 Å². The van der Waals surface area contributed by atoms with Gasteiger partial charge in [-0.05, 0) is 0 Å². The molecule has 0 aromatic carbocycles. The van der Waals surface area contributed by atoms with Crippen molar-refractivity contribution in [3.05, 3.63) is 5.82 Å². The molecule has 15 heavy (non-hydrogen) atoms. The molecule has 1 aromatic heterocycles. The zero-order valence-corrected chi connectivity index (χ0v) is 9.29. The highest BCUT2D eigenvalue weighted by atomic mass is 32.1. The van der Waals surface area contributed by atoms with Crippen LogP contribution >= 0.6 is 11.5 Å². The quantitative estimate of drug-likeness (QED) is 0.812. The number of nitrogens with zero attached hydrogens (tertiary/aromatic N) is 4. The average Bonchev–Trinajstić information content (AvgIpc) is 2.62. The van der Waals surface area contributed by atoms with Gasteiger partial charge >= 0.3 is 0 Å². The van der Waals surface area contributed by atoms with Gasteiger partial charge in [-0.2, -0.15) is 9.64 Å². The molecule has 2 rings (SSSR count). The van der Waals surface area contributed by atoms with Gasteiger partial charge < -0.3 is 10.0 Å². The van der Waals surface area contributed by atoms with E-state index in [2.05, 4.69) is 9.36 Å². The molecule has 2 heterocycles. The fraction of sp³-hybridized carbons (Fsp3) is 0.667. The molecule has 0 spiro atoms. The summed E-state index contributed by atoms with van der Waals surface area (Å²) in [7, 11) is 0. The first kappa shape index (κ1) is 10.3. The largest absolute Gasteiger partial charge is 0.385 e. The molecule has 0 aliphatic carbocycles. The summed E-state index contributed by atoms with van der Waals surface area (Å²) in [5.41, 5.74) is -0.840. The molecule has 0 unspecified atom stereocenters. The lowest BCUT2D eigenvalue weighted by Crippen LogP contribution is -2.61. The third-order valence-corrected chi connectivity index (χ3v) is 3.24. The third-order valence-electron chi connectivity index (χ3n) is 2.42. The normalized spacial score (nSPS) is 18.3. The summed E-state index contributed by atoms with van der Waals surface area (Å²) in [4.78, 5) is 6.27. The molecule has 5 nitrogen and oxygen atoms in total. The maximum atomic E-state index is 9.80. The van der Waals surface area contributed by atoms with Crippen LogP contribution in [-0.2, 0) is 6.42 Å². The summed E-state index contributed by atoms with van der Waals surface area (Å²) in [6, 6.07) is 1.99. The van der Waals surface area contributed by atoms with Crippen LogP contribution in [0.1, 0.15) is 19.2 Å². The number of aliphatic hydroxyl groups is 1. The summed E-state index contributed by atoms with van der Waals surface area (Å²) in [5, 5.41) is 19.2. The van der Waals surface area contributed by atoms with Crippen molar-refractivity contribution in [3.8, 4) is 6.07 Å². The van der Waals surface area contributed by atoms with Gasteiger partial charge in [0.25, 0.3) is 0 Å². The van der Waals surface area contributed by atoms with Crippen LogP contribution in [-0.4, -0.2) is 33.2 Å². The molecular weight excluding hydrogens is 212 g/mol. The van der Waals surface area contributed by atoms with E-state index in [4.69, 9.17) is 5.26 Å². The van der Waals surface area contributed by atoms with Crippen molar-refractivity contribution in [1.82, 2.24) is 9.36 Å². The lowest BCUT2D eigenvalue weighted by molar-refractivity contribution is 0.0166. The third kappa shape index (κ3) is 1.94. The van der Waals surface area contributed by atoms with Gasteiger partial charge in [-0.15, -0.1) is 0 Å². The zero-order valence-electron chi connectivity index (χ0n) is 8.47. The van der Waals surface area contributed by atoms with E-state index >= 15 is 0 Å². The van der Waals surface area contributed by atoms with Crippen molar-refractivity contribution in [2.45, 2.75) is 25.4 Å². The summed E-state index contributed by atoms with van der Waals surface area (Å²) >= 11 is 1.35. The molecule has 0 saturated carbocycles. The number of anilines is 1. The lowest BCUT2D eigenvalue weighted by atomic mass is 9.92. The van der Waals surface area contributed by atoms with Gasteiger partial charge in [0.05, 0.1) is 25.6 Å². The molecule has 1 N–H and O–H groups in total. The molecule has 80 valence electrons. The van der Waals surface area contributed by atoms with Gasteiger partial charge in [0.1, 0.15) is 11.4 Å². The van der Waals surface area contributed by atoms with Crippen LogP contribution in [0.15, 0.2) is 0 Å². The van der Waals surface area contributed by atoms with Gasteiger partial charge in [-0.1, -0.05) is 6.92 Å². The smallest absolute Gasteiger partial charge is 0.205 e. The minimum absolute atomic E-state index is 0.183. The van der Waals surface area contributed by atoms with Gasteiger partial charge in [-0.3, -0.25) is 0 Å². The summed E-state index contributed by atoms with van der Waals surface area (Å²) in [6.07, 6.45) is 1.01. The van der Waals surface area contributed by atoms with Crippen molar-refractivity contribution in [3.63, 3.8) is 0 Å². The van der Waals surface area contributed by atoms with E-state index in [9.17, 15) is 5.11 Å². The van der Waals surface area contributed by atoms with E-state index in [1.807, 2.05) is 17.9 Å². The SMILES string of the molecule is CCc1nsc(N2CC(O)(CC#N)C2)n1. The Morgan fingerprint density at radius 1 is 1.67 bits per heavy atom. The number of aromatic nitrogens is 2. The molecule has 0 radical (unpaired) electrons. The second-order valence-corrected chi connectivity index (χ2v) is 4.49. The number of β-amino-alcohol motifs (C(OH)–C–C–N with tert-alkyl or cyclic N) is 1. The second-order valence-electron chi connectivity index (χ2n) is 3.76. The molecule has 1 aromatic rings. The van der Waals surface area contributed by atoms with Gasteiger partial charge in [0, 0.05) is 18.0 Å². The standard InChI is InChI=1S/C9H12N4OS/c1-2-7-11-8(15-12-7)13-5-9(14,6-13)3-4-10/h14H,2-3,5-6H2,1H3. The Bertz CT molecular complexity index is 391. The van der Waals surface area contributed by atoms with Crippen LogP contribution in [0.5, 0.6) is 0 Å². The van der Waals surface area contributed by atoms with Crippen LogP contribution < -0.4 is 4.90 Å². The topological polar surface area (TPSA) is 73.0 Å². The summed E-state index contributed by atoms with van der Waals surface area (Å²) in [5.74, 6) is 0.839. The molecule has 1 fully saturated rings. The highest BCUT2D eigenvalue weighted by Gasteiger charge is 2.42. The fourth-order valence-corrected chi connectivity index (χ4v) is 2.32. The van der Waals surface area contributed by atoms with E-state index in [-0.39, 0.29) is 6.42 Å². The Kier molecular flexibility index (Phi) is 2.59. The zero-order chi connectivity index (χ0) is 10.9. The second kappa shape index (κ2) is 3.76. The monoisotopic (exact) mass is 224 g/mol. The average molecular weight is 224 g/mol. The van der Waals surface area contributed by atoms with Crippen LogP contribution in [0.3, 0.4) is 0 Å². The van der Waals surface area contributed by atoms with Gasteiger partial charge in [0.2, 0.25) is 5.13 Å². The van der Waals surface area contributed by atoms with E-state index in [1.165, 1.54) is 11.5 Å². The maximum absolute atomic E-state index is 9.80. The summed E-state index contributed by atoms with van der Waals surface area (Å²) < 4.78 is 4.17. The Morgan fingerprint density at radius 2 is 2.40 bits per heavy atom. The number of hydrogen-bond acceptors (Lipinski definition) is 6. The maximum Gasteiger partial charge on any atom is 0.205 e. The minimum Gasteiger partial charge on any atom is -0.385 e. The van der Waals surface area contributed by atoms with Crippen molar-refractivity contribution >= 4 is 16.7 Å². The van der Waals surface area contributed by atoms with Crippen molar-refractivity contribution in [2.24, 2.45) is 0 Å². The van der Waals surface area contributed by atoms with Gasteiger partial charge in [-0.25, -0.2) is 4.98 Å². The Balaban J connectivity index is 1.97. The van der Waals surface area contributed by atoms with E-state index in [0.717, 1.165) is 17.4 Å². The molecule has 0 atom stereocenters. The van der Waals surface area contributed by atoms with Crippen LogP contribution in [0.4, 0.5) is 5.13 Å². The van der Waals surface area contributed by atoms with Crippen LogP contribution in [0.2, 0.25) is 0 Å². The first-order valence-corrected chi connectivity index (χ1v) is 5.61. The first-order valence-electron chi connectivity index (χ1n) is 4.84. The molecule has 0 bridgehead atoms. The highest BCUT2D eigenvalue weighted by molar-refractivity contribution is 7.09. The number of nitriles is 1. The fourth-order valence-electron chi connectivity index (χ4n) is 1.58. The van der Waals surface area contributed by atoms with Crippen LogP contribution in [0.25, 0.3) is 0 Å². The molecule has 0 amide bonds. The van der Waals surface area contributed by atoms with Crippen molar-refractivity contribution in [1.29, 1.82) is 5.26 Å². The lowest BCUT2D eigenvalue weighted by Gasteiger charge is -2.44. The molecule has 1 saturated heterocycles. The van der Waals surface area contributed by atoms with Crippen molar-refractivity contribution < 1.29 is 5.11 Å². The Morgan fingerprint density at radius 3 is 2.93 bits per heavy atom. The predicted molar refractivity (Wildman–Crippen MR) is 56.7 cm³/mol. The molecule has 6 heteroatoms.